The number of nitriles is 1. The number of hydrogen-bond acceptors (Lipinski definition) is 4. The maximum atomic E-state index is 13.8. The molecular weight excluding hydrogens is 319 g/mol. The van der Waals surface area contributed by atoms with Gasteiger partial charge in [0.2, 0.25) is 5.91 Å². The molecular formula is C19H19FN4O. The zero-order valence-corrected chi connectivity index (χ0v) is 14.0. The van der Waals surface area contributed by atoms with Crippen LogP contribution in [0, 0.1) is 30.0 Å². The van der Waals surface area contributed by atoms with E-state index >= 15 is 0 Å². The number of benzene rings is 1. The van der Waals surface area contributed by atoms with Crippen LogP contribution in [0.15, 0.2) is 36.4 Å². The number of carbonyl (C=O) groups excluding carboxylic acids is 1. The summed E-state index contributed by atoms with van der Waals surface area (Å²) < 4.78 is 13.8. The highest BCUT2D eigenvalue weighted by Crippen LogP contribution is 2.28. The first-order valence-electron chi connectivity index (χ1n) is 8.26. The number of pyridine rings is 1. The molecule has 1 aromatic heterocycles. The van der Waals surface area contributed by atoms with Crippen LogP contribution in [0.3, 0.4) is 0 Å². The predicted molar refractivity (Wildman–Crippen MR) is 93.7 cm³/mol. The molecule has 1 atom stereocenters. The van der Waals surface area contributed by atoms with Gasteiger partial charge in [0.25, 0.3) is 0 Å². The number of rotatable bonds is 3. The Kier molecular flexibility index (Phi) is 4.94. The summed E-state index contributed by atoms with van der Waals surface area (Å²) in [6, 6.07) is 12.0. The topological polar surface area (TPSA) is 69.0 Å². The van der Waals surface area contributed by atoms with E-state index in [9.17, 15) is 14.4 Å². The number of amides is 1. The average Bonchev–Trinajstić information content (AvgIpc) is 2.61. The van der Waals surface area contributed by atoms with E-state index in [1.54, 1.807) is 18.2 Å². The van der Waals surface area contributed by atoms with Gasteiger partial charge in [-0.25, -0.2) is 9.37 Å². The number of nitrogens with one attached hydrogen (secondary N) is 1. The molecule has 0 spiro atoms. The van der Waals surface area contributed by atoms with Crippen LogP contribution in [0.4, 0.5) is 15.9 Å². The molecule has 1 fully saturated rings. The van der Waals surface area contributed by atoms with Gasteiger partial charge < -0.3 is 10.2 Å². The zero-order chi connectivity index (χ0) is 17.8. The van der Waals surface area contributed by atoms with Gasteiger partial charge >= 0.3 is 0 Å². The quantitative estimate of drug-likeness (QED) is 0.933. The molecule has 2 heterocycles. The van der Waals surface area contributed by atoms with Crippen molar-refractivity contribution in [3.63, 3.8) is 0 Å². The number of aromatic nitrogens is 1. The molecule has 1 aliphatic heterocycles. The molecule has 0 aliphatic carbocycles. The second kappa shape index (κ2) is 7.31. The van der Waals surface area contributed by atoms with Crippen LogP contribution >= 0.6 is 0 Å². The van der Waals surface area contributed by atoms with Crippen LogP contribution in [0.1, 0.15) is 24.1 Å². The fraction of sp³-hybridized carbons (Fsp3) is 0.316. The molecule has 6 heteroatoms. The number of piperidine rings is 1. The Bertz CT molecular complexity index is 830. The van der Waals surface area contributed by atoms with Crippen LogP contribution in [-0.2, 0) is 4.79 Å². The van der Waals surface area contributed by atoms with Gasteiger partial charge in [0.15, 0.2) is 0 Å². The van der Waals surface area contributed by atoms with E-state index in [1.165, 1.54) is 6.07 Å². The fourth-order valence-corrected chi connectivity index (χ4v) is 3.14. The SMILES string of the molecule is Cc1cccc(NC(=O)C2CCCN(c3cccc(F)c3C#N)C2)n1. The van der Waals surface area contributed by atoms with Gasteiger partial charge in [0.1, 0.15) is 23.3 Å². The molecule has 0 saturated carbocycles. The molecule has 0 bridgehead atoms. The van der Waals surface area contributed by atoms with Crippen LogP contribution in [0.25, 0.3) is 0 Å². The minimum atomic E-state index is -0.532. The number of halogens is 1. The molecule has 2 aromatic rings. The second-order valence-electron chi connectivity index (χ2n) is 6.18. The first-order valence-corrected chi connectivity index (χ1v) is 8.26. The van der Waals surface area contributed by atoms with E-state index in [-0.39, 0.29) is 17.4 Å². The highest BCUT2D eigenvalue weighted by atomic mass is 19.1. The molecule has 0 radical (unpaired) electrons. The van der Waals surface area contributed by atoms with Crippen molar-refractivity contribution in [2.75, 3.05) is 23.3 Å². The van der Waals surface area contributed by atoms with Crippen LogP contribution in [0.2, 0.25) is 0 Å². The fourth-order valence-electron chi connectivity index (χ4n) is 3.14. The highest BCUT2D eigenvalue weighted by Gasteiger charge is 2.28. The summed E-state index contributed by atoms with van der Waals surface area (Å²) in [6.07, 6.45) is 1.56. The molecule has 1 aliphatic rings. The normalized spacial score (nSPS) is 17.0. The summed E-state index contributed by atoms with van der Waals surface area (Å²) in [5, 5.41) is 12.1. The third-order valence-corrected chi connectivity index (χ3v) is 4.38. The van der Waals surface area contributed by atoms with Crippen LogP contribution < -0.4 is 10.2 Å². The predicted octanol–water partition coefficient (Wildman–Crippen LogP) is 3.26. The van der Waals surface area contributed by atoms with Crippen molar-refractivity contribution in [3.05, 3.63) is 53.5 Å². The third-order valence-electron chi connectivity index (χ3n) is 4.38. The minimum absolute atomic E-state index is 0.0314. The zero-order valence-electron chi connectivity index (χ0n) is 14.0. The summed E-state index contributed by atoms with van der Waals surface area (Å²) in [4.78, 5) is 18.8. The van der Waals surface area contributed by atoms with Gasteiger partial charge in [-0.05, 0) is 44.0 Å². The Morgan fingerprint density at radius 3 is 2.92 bits per heavy atom. The Balaban J connectivity index is 1.74. The standard InChI is InChI=1S/C19H19FN4O/c1-13-5-2-9-18(22-13)23-19(25)14-6-4-10-24(12-14)17-8-3-7-16(20)15(17)11-21/h2-3,5,7-9,14H,4,6,10,12H2,1H3,(H,22,23,25). The van der Waals surface area contributed by atoms with Crippen molar-refractivity contribution < 1.29 is 9.18 Å². The first-order chi connectivity index (χ1) is 12.1. The van der Waals surface area contributed by atoms with Crippen molar-refractivity contribution in [2.24, 2.45) is 5.92 Å². The third kappa shape index (κ3) is 3.77. The first kappa shape index (κ1) is 16.9. The Morgan fingerprint density at radius 1 is 1.36 bits per heavy atom. The molecule has 1 aromatic carbocycles. The molecule has 1 saturated heterocycles. The van der Waals surface area contributed by atoms with Crippen molar-refractivity contribution >= 4 is 17.4 Å². The monoisotopic (exact) mass is 338 g/mol. The number of hydrogen-bond donors (Lipinski definition) is 1. The molecule has 1 amide bonds. The lowest BCUT2D eigenvalue weighted by Crippen LogP contribution is -2.41. The number of aryl methyl sites for hydroxylation is 1. The van der Waals surface area contributed by atoms with Crippen molar-refractivity contribution in [1.82, 2.24) is 4.98 Å². The summed E-state index contributed by atoms with van der Waals surface area (Å²) in [5.41, 5.74) is 1.42. The lowest BCUT2D eigenvalue weighted by atomic mass is 9.96. The molecule has 128 valence electrons. The van der Waals surface area contributed by atoms with E-state index < -0.39 is 5.82 Å². The Morgan fingerprint density at radius 2 is 2.16 bits per heavy atom. The molecule has 25 heavy (non-hydrogen) atoms. The summed E-state index contributed by atoms with van der Waals surface area (Å²) in [5.74, 6) is -0.329. The van der Waals surface area contributed by atoms with E-state index in [0.29, 0.717) is 24.6 Å². The second-order valence-corrected chi connectivity index (χ2v) is 6.18. The van der Waals surface area contributed by atoms with E-state index in [2.05, 4.69) is 10.3 Å². The number of nitrogens with zero attached hydrogens (tertiary/aromatic N) is 3. The minimum Gasteiger partial charge on any atom is -0.370 e. The van der Waals surface area contributed by atoms with Crippen molar-refractivity contribution in [2.45, 2.75) is 19.8 Å². The van der Waals surface area contributed by atoms with Gasteiger partial charge in [0.05, 0.1) is 11.6 Å². The van der Waals surface area contributed by atoms with Gasteiger partial charge in [0, 0.05) is 18.8 Å². The lowest BCUT2D eigenvalue weighted by Gasteiger charge is -2.34. The smallest absolute Gasteiger partial charge is 0.230 e. The molecule has 1 unspecified atom stereocenters. The number of anilines is 2. The van der Waals surface area contributed by atoms with Gasteiger partial charge in [-0.2, -0.15) is 5.26 Å². The Labute approximate surface area is 146 Å². The average molecular weight is 338 g/mol. The number of carbonyl (C=O) groups is 1. The molecule has 3 rings (SSSR count). The maximum absolute atomic E-state index is 13.8. The molecule has 5 nitrogen and oxygen atoms in total. The van der Waals surface area contributed by atoms with Crippen molar-refractivity contribution in [1.29, 1.82) is 5.26 Å². The lowest BCUT2D eigenvalue weighted by molar-refractivity contribution is -0.120. The van der Waals surface area contributed by atoms with Gasteiger partial charge in [-0.15, -0.1) is 0 Å². The van der Waals surface area contributed by atoms with Crippen molar-refractivity contribution in [3.8, 4) is 6.07 Å². The summed E-state index contributed by atoms with van der Waals surface area (Å²) in [6.45, 7) is 3.02. The highest BCUT2D eigenvalue weighted by molar-refractivity contribution is 5.92. The van der Waals surface area contributed by atoms with Gasteiger partial charge in [-0.3, -0.25) is 4.79 Å². The molecule has 1 N–H and O–H groups in total. The van der Waals surface area contributed by atoms with Crippen LogP contribution in [0.5, 0.6) is 0 Å². The largest absolute Gasteiger partial charge is 0.370 e. The summed E-state index contributed by atoms with van der Waals surface area (Å²) in [7, 11) is 0. The van der Waals surface area contributed by atoms with E-state index in [0.717, 1.165) is 18.5 Å². The maximum Gasteiger partial charge on any atom is 0.230 e. The Hall–Kier alpha value is -2.94. The van der Waals surface area contributed by atoms with E-state index in [1.807, 2.05) is 30.0 Å². The van der Waals surface area contributed by atoms with E-state index in [4.69, 9.17) is 0 Å². The summed E-state index contributed by atoms with van der Waals surface area (Å²) >= 11 is 0. The van der Waals surface area contributed by atoms with Gasteiger partial charge in [-0.1, -0.05) is 12.1 Å². The van der Waals surface area contributed by atoms with Crippen LogP contribution in [-0.4, -0.2) is 24.0 Å².